The van der Waals surface area contributed by atoms with E-state index in [1.54, 1.807) is 4.68 Å². The second kappa shape index (κ2) is 9.53. The third-order valence-electron chi connectivity index (χ3n) is 4.54. The van der Waals surface area contributed by atoms with Crippen LogP contribution in [0.2, 0.25) is 0 Å². The van der Waals surface area contributed by atoms with Crippen molar-refractivity contribution in [1.29, 1.82) is 0 Å². The van der Waals surface area contributed by atoms with Gasteiger partial charge in [0.25, 0.3) is 0 Å². The fourth-order valence-electron chi connectivity index (χ4n) is 2.81. The molecule has 6 heteroatoms. The Kier molecular flexibility index (Phi) is 7.38. The molecule has 0 aliphatic rings. The van der Waals surface area contributed by atoms with Crippen LogP contribution in [0.1, 0.15) is 64.6 Å². The summed E-state index contributed by atoms with van der Waals surface area (Å²) in [5, 5.41) is 10.3. The number of rotatable bonds is 8. The van der Waals surface area contributed by atoms with Crippen molar-refractivity contribution in [3.05, 3.63) is 41.6 Å². The molecule has 28 heavy (non-hydrogen) atoms. The summed E-state index contributed by atoms with van der Waals surface area (Å²) in [5.41, 5.74) is 2.71. The van der Waals surface area contributed by atoms with E-state index in [1.807, 2.05) is 37.3 Å². The summed E-state index contributed by atoms with van der Waals surface area (Å²) < 4.78 is 1.76. The zero-order valence-electron chi connectivity index (χ0n) is 17.6. The molecule has 0 radical (unpaired) electrons. The van der Waals surface area contributed by atoms with Crippen molar-refractivity contribution in [2.75, 3.05) is 11.9 Å². The van der Waals surface area contributed by atoms with Gasteiger partial charge in [0, 0.05) is 17.9 Å². The predicted octanol–water partition coefficient (Wildman–Crippen LogP) is 4.11. The number of hydrogen-bond acceptors (Lipinski definition) is 3. The van der Waals surface area contributed by atoms with Crippen LogP contribution in [0.15, 0.2) is 30.3 Å². The number of nitrogens with zero attached hydrogens (tertiary/aromatic N) is 2. The molecule has 6 nitrogen and oxygen atoms in total. The van der Waals surface area contributed by atoms with E-state index in [-0.39, 0.29) is 23.8 Å². The summed E-state index contributed by atoms with van der Waals surface area (Å²) in [4.78, 5) is 24.2. The van der Waals surface area contributed by atoms with Crippen molar-refractivity contribution < 1.29 is 9.59 Å². The highest BCUT2D eigenvalue weighted by Crippen LogP contribution is 2.27. The van der Waals surface area contributed by atoms with Gasteiger partial charge in [-0.15, -0.1) is 0 Å². The van der Waals surface area contributed by atoms with Crippen molar-refractivity contribution in [3.8, 4) is 5.69 Å². The van der Waals surface area contributed by atoms with Gasteiger partial charge in [-0.25, -0.2) is 4.68 Å². The normalized spacial score (nSPS) is 11.3. The molecule has 1 heterocycles. The number of unbranched alkanes of at least 4 members (excludes halogenated alkanes) is 2. The first kappa shape index (κ1) is 21.7. The monoisotopic (exact) mass is 384 g/mol. The molecular formula is C22H32N4O2. The molecule has 0 atom stereocenters. The highest BCUT2D eigenvalue weighted by atomic mass is 16.2. The Balaban J connectivity index is 2.13. The van der Waals surface area contributed by atoms with Crippen LogP contribution >= 0.6 is 0 Å². The average Bonchev–Trinajstić information content (AvgIpc) is 3.04. The van der Waals surface area contributed by atoms with Crippen molar-refractivity contribution in [1.82, 2.24) is 15.1 Å². The average molecular weight is 385 g/mol. The lowest BCUT2D eigenvalue weighted by Gasteiger charge is -2.14. The van der Waals surface area contributed by atoms with Crippen LogP contribution in [0.4, 0.5) is 5.82 Å². The zero-order chi connectivity index (χ0) is 20.7. The largest absolute Gasteiger partial charge is 0.347 e. The van der Waals surface area contributed by atoms with Gasteiger partial charge in [0.2, 0.25) is 11.8 Å². The van der Waals surface area contributed by atoms with E-state index in [9.17, 15) is 9.59 Å². The second-order valence-electron chi connectivity index (χ2n) is 8.15. The van der Waals surface area contributed by atoms with Crippen LogP contribution < -0.4 is 10.6 Å². The van der Waals surface area contributed by atoms with Gasteiger partial charge < -0.3 is 10.6 Å². The maximum Gasteiger partial charge on any atom is 0.244 e. The highest BCUT2D eigenvalue weighted by Gasteiger charge is 2.22. The molecule has 1 aromatic heterocycles. The molecule has 2 amide bonds. The summed E-state index contributed by atoms with van der Waals surface area (Å²) in [7, 11) is 0. The maximum atomic E-state index is 12.4. The number of para-hydroxylation sites is 1. The minimum absolute atomic E-state index is 0.0469. The van der Waals surface area contributed by atoms with Gasteiger partial charge in [-0.3, -0.25) is 9.59 Å². The van der Waals surface area contributed by atoms with Gasteiger partial charge in [-0.05, 0) is 25.0 Å². The van der Waals surface area contributed by atoms with E-state index in [2.05, 4.69) is 38.3 Å². The van der Waals surface area contributed by atoms with Crippen LogP contribution in [0.3, 0.4) is 0 Å². The van der Waals surface area contributed by atoms with Gasteiger partial charge in [-0.2, -0.15) is 5.10 Å². The zero-order valence-corrected chi connectivity index (χ0v) is 17.6. The predicted molar refractivity (Wildman–Crippen MR) is 113 cm³/mol. The molecule has 2 aromatic rings. The molecule has 0 aliphatic heterocycles. The van der Waals surface area contributed by atoms with E-state index in [0.29, 0.717) is 12.2 Å². The van der Waals surface area contributed by atoms with E-state index in [4.69, 9.17) is 5.10 Å². The molecule has 0 unspecified atom stereocenters. The van der Waals surface area contributed by atoms with E-state index >= 15 is 0 Å². The van der Waals surface area contributed by atoms with Crippen LogP contribution in [-0.2, 0) is 15.0 Å². The van der Waals surface area contributed by atoms with Crippen molar-refractivity contribution in [3.63, 3.8) is 0 Å². The van der Waals surface area contributed by atoms with E-state index in [0.717, 1.165) is 36.2 Å². The van der Waals surface area contributed by atoms with Gasteiger partial charge >= 0.3 is 0 Å². The first-order chi connectivity index (χ1) is 13.2. The Morgan fingerprint density at radius 2 is 1.82 bits per heavy atom. The number of carbonyl (C=O) groups excluding carboxylic acids is 2. The molecule has 2 N–H and O–H groups in total. The quantitative estimate of drug-likeness (QED) is 0.673. The molecule has 0 saturated carbocycles. The number of benzene rings is 1. The summed E-state index contributed by atoms with van der Waals surface area (Å²) in [6.45, 7) is 10.3. The number of nitrogens with one attached hydrogen (secondary N) is 2. The smallest absolute Gasteiger partial charge is 0.244 e. The van der Waals surface area contributed by atoms with Crippen LogP contribution in [-0.4, -0.2) is 28.1 Å². The second-order valence-corrected chi connectivity index (χ2v) is 8.15. The number of carbonyl (C=O) groups is 2. The number of hydrogen-bond donors (Lipinski definition) is 2. The maximum absolute atomic E-state index is 12.4. The Bertz CT molecular complexity index is 818. The molecule has 1 aromatic carbocycles. The number of amides is 2. The van der Waals surface area contributed by atoms with Crippen molar-refractivity contribution >= 4 is 17.6 Å². The van der Waals surface area contributed by atoms with Gasteiger partial charge in [0.05, 0.1) is 17.9 Å². The number of aryl methyl sites for hydroxylation is 1. The SMILES string of the molecule is CCCCCC(=O)NCC(=O)Nc1cc(C(C)(C)C)nn1-c1ccccc1C. The Morgan fingerprint density at radius 3 is 2.46 bits per heavy atom. The van der Waals surface area contributed by atoms with Crippen LogP contribution in [0.5, 0.6) is 0 Å². The van der Waals surface area contributed by atoms with Crippen molar-refractivity contribution in [2.45, 2.75) is 65.7 Å². The van der Waals surface area contributed by atoms with Gasteiger partial charge in [0.1, 0.15) is 5.82 Å². The summed E-state index contributed by atoms with van der Waals surface area (Å²) in [5.74, 6) is 0.245. The molecule has 0 spiro atoms. The fraction of sp³-hybridized carbons (Fsp3) is 0.500. The molecule has 0 fully saturated rings. The summed E-state index contributed by atoms with van der Waals surface area (Å²) in [6.07, 6.45) is 3.38. The molecule has 0 saturated heterocycles. The standard InChI is InChI=1S/C22H32N4O2/c1-6-7-8-13-20(27)23-15-21(28)24-19-14-18(22(3,4)5)25-26(19)17-12-10-9-11-16(17)2/h9-12,14H,6-8,13,15H2,1-5H3,(H,23,27)(H,24,28). The van der Waals surface area contributed by atoms with E-state index in [1.165, 1.54) is 0 Å². The molecule has 2 rings (SSSR count). The number of aromatic nitrogens is 2. The van der Waals surface area contributed by atoms with Crippen molar-refractivity contribution in [2.24, 2.45) is 0 Å². The molecule has 152 valence electrons. The molecule has 0 aliphatic carbocycles. The Hall–Kier alpha value is -2.63. The first-order valence-corrected chi connectivity index (χ1v) is 9.95. The van der Waals surface area contributed by atoms with Crippen LogP contribution in [0, 0.1) is 6.92 Å². The Labute approximate surface area is 167 Å². The Morgan fingerprint density at radius 1 is 1.11 bits per heavy atom. The summed E-state index contributed by atoms with van der Waals surface area (Å²) >= 11 is 0. The first-order valence-electron chi connectivity index (χ1n) is 9.95. The third kappa shape index (κ3) is 5.94. The van der Waals surface area contributed by atoms with Gasteiger partial charge in [-0.1, -0.05) is 58.7 Å². The highest BCUT2D eigenvalue weighted by molar-refractivity contribution is 5.94. The lowest BCUT2D eigenvalue weighted by atomic mass is 9.92. The minimum Gasteiger partial charge on any atom is -0.347 e. The topological polar surface area (TPSA) is 76.0 Å². The lowest BCUT2D eigenvalue weighted by Crippen LogP contribution is -2.33. The summed E-state index contributed by atoms with van der Waals surface area (Å²) in [6, 6.07) is 9.80. The van der Waals surface area contributed by atoms with Crippen LogP contribution in [0.25, 0.3) is 5.69 Å². The fourth-order valence-corrected chi connectivity index (χ4v) is 2.81. The molecular weight excluding hydrogens is 352 g/mol. The minimum atomic E-state index is -0.265. The van der Waals surface area contributed by atoms with Gasteiger partial charge in [0.15, 0.2) is 0 Å². The number of anilines is 1. The molecule has 0 bridgehead atoms. The third-order valence-corrected chi connectivity index (χ3v) is 4.54. The lowest BCUT2D eigenvalue weighted by molar-refractivity contribution is -0.124. The van der Waals surface area contributed by atoms with E-state index < -0.39 is 0 Å².